The minimum atomic E-state index is -1.21. The van der Waals surface area contributed by atoms with E-state index < -0.39 is 23.5 Å². The van der Waals surface area contributed by atoms with Crippen molar-refractivity contribution >= 4 is 0 Å². The van der Waals surface area contributed by atoms with Crippen LogP contribution in [-0.4, -0.2) is 6.04 Å². The quantitative estimate of drug-likeness (QED) is 0.509. The van der Waals surface area contributed by atoms with Crippen LogP contribution in [0.5, 0.6) is 0 Å². The lowest BCUT2D eigenvalue weighted by atomic mass is 10.1. The second-order valence-corrected chi connectivity index (χ2v) is 3.04. The molecular weight excluding hydrogens is 191 g/mol. The summed E-state index contributed by atoms with van der Waals surface area (Å²) in [5.41, 5.74) is 0.0346. The van der Waals surface area contributed by atoms with Crippen LogP contribution in [-0.2, 0) is 6.42 Å². The van der Waals surface area contributed by atoms with Gasteiger partial charge in [-0.05, 0) is 11.6 Å². The van der Waals surface area contributed by atoms with Crippen molar-refractivity contribution in [2.75, 3.05) is 0 Å². The summed E-state index contributed by atoms with van der Waals surface area (Å²) in [5, 5.41) is 0. The van der Waals surface area contributed by atoms with E-state index in [0.29, 0.717) is 6.07 Å². The molecule has 0 radical (unpaired) electrons. The summed E-state index contributed by atoms with van der Waals surface area (Å²) in [4.78, 5) is 3.14. The van der Waals surface area contributed by atoms with E-state index in [0.717, 1.165) is 6.07 Å². The van der Waals surface area contributed by atoms with Crippen molar-refractivity contribution in [3.8, 4) is 0 Å². The van der Waals surface area contributed by atoms with Gasteiger partial charge in [0.05, 0.1) is 6.42 Å². The van der Waals surface area contributed by atoms with Gasteiger partial charge in [0.15, 0.2) is 11.6 Å². The van der Waals surface area contributed by atoms with Crippen LogP contribution in [0.1, 0.15) is 12.5 Å². The predicted molar refractivity (Wildman–Crippen MR) is 46.1 cm³/mol. The third-order valence-corrected chi connectivity index (χ3v) is 1.83. The SMILES string of the molecule is [C-]#[N+]C(C)Cc1cc(F)c(F)cc1F. The summed E-state index contributed by atoms with van der Waals surface area (Å²) >= 11 is 0. The third kappa shape index (κ3) is 2.25. The fourth-order valence-corrected chi connectivity index (χ4v) is 1.08. The molecular formula is C10H8F3N. The van der Waals surface area contributed by atoms with Gasteiger partial charge in [-0.2, -0.15) is 0 Å². The van der Waals surface area contributed by atoms with Crippen LogP contribution in [0.25, 0.3) is 4.85 Å². The highest BCUT2D eigenvalue weighted by Crippen LogP contribution is 2.15. The summed E-state index contributed by atoms with van der Waals surface area (Å²) in [6.45, 7) is 8.25. The molecule has 0 bridgehead atoms. The van der Waals surface area contributed by atoms with Gasteiger partial charge in [0, 0.05) is 13.0 Å². The predicted octanol–water partition coefficient (Wildman–Crippen LogP) is 2.95. The van der Waals surface area contributed by atoms with Gasteiger partial charge in [0.1, 0.15) is 5.82 Å². The molecule has 0 heterocycles. The minimum Gasteiger partial charge on any atom is -0.314 e. The summed E-state index contributed by atoms with van der Waals surface area (Å²) in [7, 11) is 0. The van der Waals surface area contributed by atoms with Gasteiger partial charge in [-0.25, -0.2) is 19.7 Å². The maximum absolute atomic E-state index is 13.0. The van der Waals surface area contributed by atoms with Gasteiger partial charge in [-0.15, -0.1) is 0 Å². The van der Waals surface area contributed by atoms with E-state index in [2.05, 4.69) is 4.85 Å². The fraction of sp³-hybridized carbons (Fsp3) is 0.300. The minimum absolute atomic E-state index is 0.0346. The lowest BCUT2D eigenvalue weighted by Crippen LogP contribution is -2.04. The van der Waals surface area contributed by atoms with E-state index >= 15 is 0 Å². The Morgan fingerprint density at radius 1 is 1.21 bits per heavy atom. The number of rotatable bonds is 2. The second kappa shape index (κ2) is 4.14. The van der Waals surface area contributed by atoms with Crippen molar-refractivity contribution in [3.05, 3.63) is 46.6 Å². The first-order valence-electron chi connectivity index (χ1n) is 4.04. The lowest BCUT2D eigenvalue weighted by Gasteiger charge is -2.03. The molecule has 4 heteroatoms. The first kappa shape index (κ1) is 10.6. The average Bonchev–Trinajstić information content (AvgIpc) is 2.14. The molecule has 14 heavy (non-hydrogen) atoms. The highest BCUT2D eigenvalue weighted by Gasteiger charge is 2.14. The Balaban J connectivity index is 2.99. The molecule has 0 spiro atoms. The molecule has 74 valence electrons. The number of nitrogens with zero attached hydrogens (tertiary/aromatic N) is 1. The summed E-state index contributed by atoms with van der Waals surface area (Å²) in [5.74, 6) is -3.10. The van der Waals surface area contributed by atoms with Crippen LogP contribution in [0, 0.1) is 24.0 Å². The maximum Gasteiger partial charge on any atom is 0.225 e. The maximum atomic E-state index is 13.0. The Morgan fingerprint density at radius 3 is 2.36 bits per heavy atom. The Morgan fingerprint density at radius 2 is 1.79 bits per heavy atom. The van der Waals surface area contributed by atoms with Crippen LogP contribution in [0.2, 0.25) is 0 Å². The molecule has 0 fully saturated rings. The molecule has 0 saturated heterocycles. The number of hydrogen-bond acceptors (Lipinski definition) is 0. The van der Waals surface area contributed by atoms with Crippen molar-refractivity contribution < 1.29 is 13.2 Å². The average molecular weight is 199 g/mol. The molecule has 0 aliphatic rings. The van der Waals surface area contributed by atoms with Crippen molar-refractivity contribution in [2.24, 2.45) is 0 Å². The molecule has 1 rings (SSSR count). The number of hydrogen-bond donors (Lipinski definition) is 0. The first-order valence-corrected chi connectivity index (χ1v) is 4.04. The first-order chi connectivity index (χ1) is 6.54. The zero-order chi connectivity index (χ0) is 10.7. The van der Waals surface area contributed by atoms with Crippen LogP contribution in [0.3, 0.4) is 0 Å². The third-order valence-electron chi connectivity index (χ3n) is 1.83. The zero-order valence-corrected chi connectivity index (χ0v) is 7.52. The molecule has 1 aromatic carbocycles. The molecule has 0 saturated carbocycles. The smallest absolute Gasteiger partial charge is 0.225 e. The monoisotopic (exact) mass is 199 g/mol. The highest BCUT2D eigenvalue weighted by atomic mass is 19.2. The summed E-state index contributed by atoms with van der Waals surface area (Å²) < 4.78 is 38.2. The molecule has 0 aliphatic heterocycles. The van der Waals surface area contributed by atoms with Crippen molar-refractivity contribution in [2.45, 2.75) is 19.4 Å². The highest BCUT2D eigenvalue weighted by molar-refractivity contribution is 5.21. The van der Waals surface area contributed by atoms with Gasteiger partial charge in [0.25, 0.3) is 0 Å². The molecule has 0 N–H and O–H groups in total. The van der Waals surface area contributed by atoms with E-state index in [4.69, 9.17) is 6.57 Å². The molecule has 1 aromatic rings. The fourth-order valence-electron chi connectivity index (χ4n) is 1.08. The molecule has 1 nitrogen and oxygen atoms in total. The zero-order valence-electron chi connectivity index (χ0n) is 7.52. The Bertz CT molecular complexity index is 382. The van der Waals surface area contributed by atoms with Gasteiger partial charge >= 0.3 is 0 Å². The summed E-state index contributed by atoms with van der Waals surface area (Å²) in [6, 6.07) is 0.864. The van der Waals surface area contributed by atoms with Crippen LogP contribution in [0.15, 0.2) is 12.1 Å². The normalized spacial score (nSPS) is 12.2. The molecule has 1 unspecified atom stereocenters. The standard InChI is InChI=1S/C10H8F3N/c1-6(14-2)3-7-4-9(12)10(13)5-8(7)11/h4-6H,3H2,1H3. The van der Waals surface area contributed by atoms with Gasteiger partial charge in [-0.3, -0.25) is 0 Å². The van der Waals surface area contributed by atoms with E-state index in [1.165, 1.54) is 0 Å². The van der Waals surface area contributed by atoms with Gasteiger partial charge in [-0.1, -0.05) is 0 Å². The molecule has 0 aliphatic carbocycles. The van der Waals surface area contributed by atoms with Crippen LogP contribution < -0.4 is 0 Å². The Labute approximate surface area is 80.0 Å². The van der Waals surface area contributed by atoms with Gasteiger partial charge in [0.2, 0.25) is 6.04 Å². The molecule has 0 amide bonds. The van der Waals surface area contributed by atoms with E-state index in [1.807, 2.05) is 0 Å². The van der Waals surface area contributed by atoms with E-state index in [-0.39, 0.29) is 12.0 Å². The largest absolute Gasteiger partial charge is 0.314 e. The van der Waals surface area contributed by atoms with Crippen molar-refractivity contribution in [3.63, 3.8) is 0 Å². The van der Waals surface area contributed by atoms with Gasteiger partial charge < -0.3 is 4.85 Å². The molecule has 0 aromatic heterocycles. The van der Waals surface area contributed by atoms with E-state index in [1.54, 1.807) is 6.92 Å². The molecule has 1 atom stereocenters. The number of benzene rings is 1. The Hall–Kier alpha value is -1.50. The van der Waals surface area contributed by atoms with Crippen LogP contribution >= 0.6 is 0 Å². The van der Waals surface area contributed by atoms with Crippen LogP contribution in [0.4, 0.5) is 13.2 Å². The second-order valence-electron chi connectivity index (χ2n) is 3.04. The lowest BCUT2D eigenvalue weighted by molar-refractivity contribution is 0.489. The van der Waals surface area contributed by atoms with Crippen molar-refractivity contribution in [1.29, 1.82) is 0 Å². The summed E-state index contributed by atoms with van der Waals surface area (Å²) in [6.07, 6.45) is 0.0898. The Kier molecular flexibility index (Phi) is 3.13. The number of halogens is 3. The topological polar surface area (TPSA) is 4.36 Å². The van der Waals surface area contributed by atoms with Crippen molar-refractivity contribution in [1.82, 2.24) is 0 Å². The van der Waals surface area contributed by atoms with E-state index in [9.17, 15) is 13.2 Å².